The van der Waals surface area contributed by atoms with Gasteiger partial charge in [-0.1, -0.05) is 6.92 Å². The van der Waals surface area contributed by atoms with Crippen molar-refractivity contribution in [1.82, 2.24) is 15.5 Å². The largest absolute Gasteiger partial charge is 0.435 e. The van der Waals surface area contributed by atoms with Gasteiger partial charge in [0, 0.05) is 5.56 Å². The molecule has 0 saturated heterocycles. The van der Waals surface area contributed by atoms with E-state index in [1.807, 2.05) is 6.92 Å². The molecule has 1 heterocycles. The number of aromatic nitrogens is 2. The lowest BCUT2D eigenvalue weighted by molar-refractivity contribution is -0.0498. The average molecular weight is 269 g/mol. The van der Waals surface area contributed by atoms with E-state index in [1.54, 1.807) is 12.1 Å². The lowest BCUT2D eigenvalue weighted by Crippen LogP contribution is -2.11. The van der Waals surface area contributed by atoms with Crippen LogP contribution in [0.4, 0.5) is 8.78 Å². The van der Waals surface area contributed by atoms with Crippen molar-refractivity contribution in [3.8, 4) is 17.2 Å². The Morgan fingerprint density at radius 1 is 1.26 bits per heavy atom. The third-order valence-electron chi connectivity index (χ3n) is 2.32. The van der Waals surface area contributed by atoms with E-state index in [1.165, 1.54) is 12.1 Å². The zero-order valence-corrected chi connectivity index (χ0v) is 10.3. The predicted molar refractivity (Wildman–Crippen MR) is 63.7 cm³/mol. The fraction of sp³-hybridized carbons (Fsp3) is 0.333. The first-order valence-electron chi connectivity index (χ1n) is 5.77. The number of alkyl halides is 2. The smallest absolute Gasteiger partial charge is 0.387 e. The second-order valence-electron chi connectivity index (χ2n) is 3.68. The third-order valence-corrected chi connectivity index (χ3v) is 2.32. The molecule has 0 spiro atoms. The second kappa shape index (κ2) is 6.24. The topological polar surface area (TPSA) is 60.2 Å². The van der Waals surface area contributed by atoms with Crippen molar-refractivity contribution in [3.05, 3.63) is 30.2 Å². The van der Waals surface area contributed by atoms with Crippen LogP contribution in [0.15, 0.2) is 28.7 Å². The molecule has 0 fully saturated rings. The molecule has 1 N–H and O–H groups in total. The van der Waals surface area contributed by atoms with Crippen LogP contribution in [0.25, 0.3) is 11.5 Å². The molecule has 7 heteroatoms. The fourth-order valence-corrected chi connectivity index (χ4v) is 1.45. The lowest BCUT2D eigenvalue weighted by Gasteiger charge is -2.03. The quantitative estimate of drug-likeness (QED) is 0.872. The molecular formula is C12H13F2N3O2. The van der Waals surface area contributed by atoms with Gasteiger partial charge in [0.15, 0.2) is 0 Å². The van der Waals surface area contributed by atoms with E-state index in [2.05, 4.69) is 20.3 Å². The number of rotatable bonds is 6. The summed E-state index contributed by atoms with van der Waals surface area (Å²) in [4.78, 5) is 0. The number of halogens is 2. The van der Waals surface area contributed by atoms with E-state index < -0.39 is 6.61 Å². The van der Waals surface area contributed by atoms with Crippen molar-refractivity contribution in [2.75, 3.05) is 6.54 Å². The highest BCUT2D eigenvalue weighted by Crippen LogP contribution is 2.22. The molecule has 2 aromatic rings. The zero-order valence-electron chi connectivity index (χ0n) is 10.3. The highest BCUT2D eigenvalue weighted by atomic mass is 19.3. The number of ether oxygens (including phenoxy) is 1. The van der Waals surface area contributed by atoms with Gasteiger partial charge in [-0.15, -0.1) is 10.2 Å². The summed E-state index contributed by atoms with van der Waals surface area (Å²) < 4.78 is 33.7. The zero-order chi connectivity index (χ0) is 13.7. The van der Waals surface area contributed by atoms with Crippen molar-refractivity contribution in [2.24, 2.45) is 0 Å². The number of nitrogens with zero attached hydrogens (tertiary/aromatic N) is 2. The van der Waals surface area contributed by atoms with Crippen LogP contribution >= 0.6 is 0 Å². The van der Waals surface area contributed by atoms with Crippen LogP contribution in [0.5, 0.6) is 5.75 Å². The van der Waals surface area contributed by atoms with Gasteiger partial charge in [-0.25, -0.2) is 0 Å². The first kappa shape index (κ1) is 13.4. The Hall–Kier alpha value is -2.02. The van der Waals surface area contributed by atoms with Crippen molar-refractivity contribution < 1.29 is 17.9 Å². The average Bonchev–Trinajstić information content (AvgIpc) is 2.85. The summed E-state index contributed by atoms with van der Waals surface area (Å²) in [7, 11) is 0. The van der Waals surface area contributed by atoms with Gasteiger partial charge in [-0.3, -0.25) is 0 Å². The molecule has 0 aliphatic rings. The van der Waals surface area contributed by atoms with Crippen LogP contribution in [-0.2, 0) is 6.54 Å². The molecule has 1 aromatic heterocycles. The third kappa shape index (κ3) is 3.72. The summed E-state index contributed by atoms with van der Waals surface area (Å²) in [6.45, 7) is 0.438. The molecule has 0 aliphatic heterocycles. The minimum Gasteiger partial charge on any atom is -0.435 e. The Morgan fingerprint density at radius 3 is 2.63 bits per heavy atom. The van der Waals surface area contributed by atoms with Gasteiger partial charge in [-0.2, -0.15) is 8.78 Å². The second-order valence-corrected chi connectivity index (χ2v) is 3.68. The van der Waals surface area contributed by atoms with Gasteiger partial charge < -0.3 is 14.5 Å². The van der Waals surface area contributed by atoms with Gasteiger partial charge in [0.2, 0.25) is 11.8 Å². The monoisotopic (exact) mass is 269 g/mol. The summed E-state index contributed by atoms with van der Waals surface area (Å²) in [5.74, 6) is 0.910. The number of nitrogens with one attached hydrogen (secondary N) is 1. The van der Waals surface area contributed by atoms with Crippen molar-refractivity contribution in [1.29, 1.82) is 0 Å². The number of hydrogen-bond acceptors (Lipinski definition) is 5. The molecule has 0 unspecified atom stereocenters. The normalized spacial score (nSPS) is 10.9. The van der Waals surface area contributed by atoms with Gasteiger partial charge in [-0.05, 0) is 30.8 Å². The standard InChI is InChI=1S/C12H13F2N3O2/c1-2-15-7-10-16-17-11(19-10)8-3-5-9(6-4-8)18-12(13)14/h3-6,12,15H,2,7H2,1H3. The Bertz CT molecular complexity index is 514. The molecule has 0 amide bonds. The van der Waals surface area contributed by atoms with Crippen molar-refractivity contribution in [3.63, 3.8) is 0 Å². The Labute approximate surface area is 108 Å². The van der Waals surface area contributed by atoms with E-state index in [4.69, 9.17) is 4.42 Å². The van der Waals surface area contributed by atoms with Crippen molar-refractivity contribution >= 4 is 0 Å². The first-order valence-corrected chi connectivity index (χ1v) is 5.77. The van der Waals surface area contributed by atoms with Gasteiger partial charge >= 0.3 is 6.61 Å². The van der Waals surface area contributed by atoms with E-state index >= 15 is 0 Å². The Morgan fingerprint density at radius 2 is 2.00 bits per heavy atom. The SMILES string of the molecule is CCNCc1nnc(-c2ccc(OC(F)F)cc2)o1. The summed E-state index contributed by atoms with van der Waals surface area (Å²) in [5.41, 5.74) is 0.650. The maximum Gasteiger partial charge on any atom is 0.387 e. The van der Waals surface area contributed by atoms with Crippen molar-refractivity contribution in [2.45, 2.75) is 20.1 Å². The lowest BCUT2D eigenvalue weighted by atomic mass is 10.2. The van der Waals surface area contributed by atoms with E-state index in [0.717, 1.165) is 6.54 Å². The van der Waals surface area contributed by atoms with Crippen LogP contribution < -0.4 is 10.1 Å². The van der Waals surface area contributed by atoms with Crippen LogP contribution in [0.2, 0.25) is 0 Å². The minimum atomic E-state index is -2.83. The van der Waals surface area contributed by atoms with Gasteiger partial charge in [0.25, 0.3) is 0 Å². The number of hydrogen-bond donors (Lipinski definition) is 1. The molecule has 0 bridgehead atoms. The van der Waals surface area contributed by atoms with E-state index in [0.29, 0.717) is 23.9 Å². The maximum absolute atomic E-state index is 12.0. The summed E-state index contributed by atoms with van der Waals surface area (Å²) in [5, 5.41) is 10.8. The summed E-state index contributed by atoms with van der Waals surface area (Å²) >= 11 is 0. The first-order chi connectivity index (χ1) is 9.19. The van der Waals surface area contributed by atoms with Crippen LogP contribution in [0, 0.1) is 0 Å². The van der Waals surface area contributed by atoms with Crippen LogP contribution in [0.1, 0.15) is 12.8 Å². The molecule has 0 radical (unpaired) electrons. The van der Waals surface area contributed by atoms with Crippen LogP contribution in [-0.4, -0.2) is 23.4 Å². The molecule has 102 valence electrons. The molecule has 2 rings (SSSR count). The molecule has 1 aromatic carbocycles. The number of benzene rings is 1. The molecule has 0 aliphatic carbocycles. The summed E-state index contributed by atoms with van der Waals surface area (Å²) in [6, 6.07) is 6.02. The Balaban J connectivity index is 2.07. The van der Waals surface area contributed by atoms with Crippen LogP contribution in [0.3, 0.4) is 0 Å². The van der Waals surface area contributed by atoms with Gasteiger partial charge in [0.05, 0.1) is 6.54 Å². The van der Waals surface area contributed by atoms with E-state index in [-0.39, 0.29) is 5.75 Å². The predicted octanol–water partition coefficient (Wildman–Crippen LogP) is 2.45. The fourth-order valence-electron chi connectivity index (χ4n) is 1.45. The highest BCUT2D eigenvalue weighted by Gasteiger charge is 2.09. The molecule has 0 atom stereocenters. The molecule has 5 nitrogen and oxygen atoms in total. The molecule has 19 heavy (non-hydrogen) atoms. The molecule has 0 saturated carbocycles. The maximum atomic E-state index is 12.0. The molecular weight excluding hydrogens is 256 g/mol. The highest BCUT2D eigenvalue weighted by molar-refractivity contribution is 5.53. The Kier molecular flexibility index (Phi) is 4.40. The summed E-state index contributed by atoms with van der Waals surface area (Å²) in [6.07, 6.45) is 0. The van der Waals surface area contributed by atoms with Gasteiger partial charge in [0.1, 0.15) is 5.75 Å². The van der Waals surface area contributed by atoms with E-state index in [9.17, 15) is 8.78 Å². The minimum absolute atomic E-state index is 0.0890.